The van der Waals surface area contributed by atoms with E-state index in [1.165, 1.54) is 6.26 Å². The fourth-order valence-electron chi connectivity index (χ4n) is 2.81. The summed E-state index contributed by atoms with van der Waals surface area (Å²) < 4.78 is 5.17. The van der Waals surface area contributed by atoms with Crippen LogP contribution in [0.4, 0.5) is 0 Å². The fraction of sp³-hybridized carbons (Fsp3) is 0.294. The maximum absolute atomic E-state index is 12.4. The number of benzene rings is 1. The summed E-state index contributed by atoms with van der Waals surface area (Å²) in [6, 6.07) is 12.6. The number of carbonyl (C=O) groups excluding carboxylic acids is 2. The first kappa shape index (κ1) is 13.6. The molecule has 2 heterocycles. The van der Waals surface area contributed by atoms with Crippen LogP contribution in [0.15, 0.2) is 53.1 Å². The summed E-state index contributed by atoms with van der Waals surface area (Å²) >= 11 is 0. The Balaban J connectivity index is 1.70. The number of furan rings is 1. The van der Waals surface area contributed by atoms with Gasteiger partial charge in [0, 0.05) is 24.6 Å². The number of nitrogens with zero attached hydrogens (tertiary/aromatic N) is 1. The third-order valence-electron chi connectivity index (χ3n) is 3.89. The molecule has 108 valence electrons. The maximum atomic E-state index is 12.4. The van der Waals surface area contributed by atoms with Crippen LogP contribution in [0.5, 0.6) is 0 Å². The second-order valence-electron chi connectivity index (χ2n) is 5.27. The summed E-state index contributed by atoms with van der Waals surface area (Å²) in [7, 11) is 0. The fourth-order valence-corrected chi connectivity index (χ4v) is 2.81. The first-order chi connectivity index (χ1) is 10.3. The van der Waals surface area contributed by atoms with Gasteiger partial charge in [-0.15, -0.1) is 0 Å². The Hall–Kier alpha value is -2.36. The van der Waals surface area contributed by atoms with Gasteiger partial charge in [0.1, 0.15) is 0 Å². The van der Waals surface area contributed by atoms with E-state index < -0.39 is 0 Å². The number of hydrogen-bond acceptors (Lipinski definition) is 3. The summed E-state index contributed by atoms with van der Waals surface area (Å²) in [6.07, 6.45) is 3.66. The van der Waals surface area contributed by atoms with Gasteiger partial charge < -0.3 is 9.32 Å². The molecular formula is C17H17NO3. The van der Waals surface area contributed by atoms with Crippen molar-refractivity contribution in [1.29, 1.82) is 0 Å². The number of likely N-dealkylation sites (tertiary alicyclic amines) is 1. The predicted octanol–water partition coefficient (Wildman–Crippen LogP) is 3.16. The van der Waals surface area contributed by atoms with Crippen molar-refractivity contribution in [3.63, 3.8) is 0 Å². The molecule has 0 spiro atoms. The molecule has 21 heavy (non-hydrogen) atoms. The lowest BCUT2D eigenvalue weighted by Crippen LogP contribution is -2.36. The average Bonchev–Trinajstić information content (AvgIpc) is 3.19. The molecule has 1 atom stereocenters. The lowest BCUT2D eigenvalue weighted by molar-refractivity contribution is 0.0687. The molecule has 0 N–H and O–H groups in total. The highest BCUT2D eigenvalue weighted by Crippen LogP contribution is 2.24. The van der Waals surface area contributed by atoms with E-state index in [4.69, 9.17) is 4.42 Å². The van der Waals surface area contributed by atoms with Crippen molar-refractivity contribution in [2.24, 2.45) is 0 Å². The Morgan fingerprint density at radius 2 is 1.95 bits per heavy atom. The summed E-state index contributed by atoms with van der Waals surface area (Å²) in [5.41, 5.74) is 0.704. The Labute approximate surface area is 123 Å². The predicted molar refractivity (Wildman–Crippen MR) is 78.2 cm³/mol. The van der Waals surface area contributed by atoms with E-state index in [1.807, 2.05) is 30.3 Å². The van der Waals surface area contributed by atoms with Crippen molar-refractivity contribution >= 4 is 11.7 Å². The van der Waals surface area contributed by atoms with Crippen molar-refractivity contribution in [1.82, 2.24) is 4.90 Å². The minimum absolute atomic E-state index is 0.0321. The topological polar surface area (TPSA) is 50.5 Å². The van der Waals surface area contributed by atoms with Gasteiger partial charge in [-0.25, -0.2) is 0 Å². The first-order valence-electron chi connectivity index (χ1n) is 7.18. The van der Waals surface area contributed by atoms with Crippen LogP contribution in [-0.4, -0.2) is 29.2 Å². The number of carbonyl (C=O) groups is 2. The SMILES string of the molecule is O=C(CC1CCCN1C(=O)c1ccco1)c1ccccc1. The minimum Gasteiger partial charge on any atom is -0.459 e. The first-order valence-corrected chi connectivity index (χ1v) is 7.18. The number of rotatable bonds is 4. The Morgan fingerprint density at radius 3 is 2.67 bits per heavy atom. The second-order valence-corrected chi connectivity index (χ2v) is 5.27. The van der Waals surface area contributed by atoms with E-state index in [1.54, 1.807) is 17.0 Å². The third kappa shape index (κ3) is 2.89. The van der Waals surface area contributed by atoms with E-state index in [0.717, 1.165) is 12.8 Å². The molecule has 4 heteroatoms. The van der Waals surface area contributed by atoms with Crippen molar-refractivity contribution in [3.8, 4) is 0 Å². The molecule has 1 amide bonds. The van der Waals surface area contributed by atoms with Crippen LogP contribution in [0.3, 0.4) is 0 Å². The molecule has 1 aromatic heterocycles. The van der Waals surface area contributed by atoms with Gasteiger partial charge >= 0.3 is 0 Å². The molecule has 0 aliphatic carbocycles. The lowest BCUT2D eigenvalue weighted by Gasteiger charge is -2.23. The van der Waals surface area contributed by atoms with Crippen LogP contribution >= 0.6 is 0 Å². The van der Waals surface area contributed by atoms with Crippen molar-refractivity contribution < 1.29 is 14.0 Å². The Kier molecular flexibility index (Phi) is 3.86. The van der Waals surface area contributed by atoms with Gasteiger partial charge in [-0.1, -0.05) is 30.3 Å². The Morgan fingerprint density at radius 1 is 1.14 bits per heavy atom. The van der Waals surface area contributed by atoms with E-state index >= 15 is 0 Å². The highest BCUT2D eigenvalue weighted by Gasteiger charge is 2.32. The number of amides is 1. The van der Waals surface area contributed by atoms with Crippen LogP contribution in [0, 0.1) is 0 Å². The van der Waals surface area contributed by atoms with Crippen LogP contribution < -0.4 is 0 Å². The number of hydrogen-bond donors (Lipinski definition) is 0. The quantitative estimate of drug-likeness (QED) is 0.810. The monoisotopic (exact) mass is 283 g/mol. The second kappa shape index (κ2) is 5.95. The summed E-state index contributed by atoms with van der Waals surface area (Å²) in [5, 5.41) is 0. The number of ketones is 1. The molecule has 2 aromatic rings. The standard InChI is InChI=1S/C17H17NO3/c19-15(13-6-2-1-3-7-13)12-14-8-4-10-18(14)17(20)16-9-5-11-21-16/h1-3,5-7,9,11,14H,4,8,10,12H2. The molecule has 1 fully saturated rings. The zero-order valence-electron chi connectivity index (χ0n) is 11.7. The van der Waals surface area contributed by atoms with Crippen LogP contribution in [0.2, 0.25) is 0 Å². The smallest absolute Gasteiger partial charge is 0.289 e. The largest absolute Gasteiger partial charge is 0.459 e. The van der Waals surface area contributed by atoms with Gasteiger partial charge in [-0.3, -0.25) is 9.59 Å². The van der Waals surface area contributed by atoms with Crippen molar-refractivity contribution in [2.45, 2.75) is 25.3 Å². The van der Waals surface area contributed by atoms with Crippen LogP contribution in [-0.2, 0) is 0 Å². The van der Waals surface area contributed by atoms with E-state index in [-0.39, 0.29) is 17.7 Å². The van der Waals surface area contributed by atoms with Gasteiger partial charge in [0.25, 0.3) is 5.91 Å². The highest BCUT2D eigenvalue weighted by atomic mass is 16.3. The molecule has 1 unspecified atom stereocenters. The molecule has 0 bridgehead atoms. The molecular weight excluding hydrogens is 266 g/mol. The molecule has 1 aliphatic rings. The summed E-state index contributed by atoms with van der Waals surface area (Å²) in [6.45, 7) is 0.687. The number of Topliss-reactive ketones (excluding diaryl/α,β-unsaturated/α-hetero) is 1. The van der Waals surface area contributed by atoms with Gasteiger partial charge in [0.15, 0.2) is 11.5 Å². The molecule has 0 saturated carbocycles. The molecule has 0 radical (unpaired) electrons. The third-order valence-corrected chi connectivity index (χ3v) is 3.89. The Bertz CT molecular complexity index is 619. The zero-order valence-corrected chi connectivity index (χ0v) is 11.7. The zero-order chi connectivity index (χ0) is 14.7. The van der Waals surface area contributed by atoms with Gasteiger partial charge in [0.05, 0.1) is 6.26 Å². The average molecular weight is 283 g/mol. The molecule has 1 saturated heterocycles. The maximum Gasteiger partial charge on any atom is 0.289 e. The normalized spacial score (nSPS) is 17.9. The van der Waals surface area contributed by atoms with E-state index in [2.05, 4.69) is 0 Å². The van der Waals surface area contributed by atoms with E-state index in [0.29, 0.717) is 24.3 Å². The van der Waals surface area contributed by atoms with Gasteiger partial charge in [0.2, 0.25) is 0 Å². The molecule has 1 aliphatic heterocycles. The lowest BCUT2D eigenvalue weighted by atomic mass is 10.0. The summed E-state index contributed by atoms with van der Waals surface area (Å²) in [4.78, 5) is 26.4. The summed E-state index contributed by atoms with van der Waals surface area (Å²) in [5.74, 6) is 0.303. The molecule has 4 nitrogen and oxygen atoms in total. The molecule has 3 rings (SSSR count). The van der Waals surface area contributed by atoms with Crippen LogP contribution in [0.1, 0.15) is 40.2 Å². The minimum atomic E-state index is -0.122. The van der Waals surface area contributed by atoms with E-state index in [9.17, 15) is 9.59 Å². The van der Waals surface area contributed by atoms with Gasteiger partial charge in [-0.05, 0) is 25.0 Å². The van der Waals surface area contributed by atoms with Gasteiger partial charge in [-0.2, -0.15) is 0 Å². The highest BCUT2D eigenvalue weighted by molar-refractivity contribution is 5.97. The van der Waals surface area contributed by atoms with Crippen LogP contribution in [0.25, 0.3) is 0 Å². The van der Waals surface area contributed by atoms with Crippen molar-refractivity contribution in [2.75, 3.05) is 6.54 Å². The van der Waals surface area contributed by atoms with Crippen molar-refractivity contribution in [3.05, 3.63) is 60.1 Å². The molecule has 1 aromatic carbocycles.